The average Bonchev–Trinajstić information content (AvgIpc) is 3.26. The number of amides is 2. The van der Waals surface area contributed by atoms with Gasteiger partial charge in [-0.25, -0.2) is 18.4 Å². The molecule has 1 aromatic heterocycles. The Balaban J connectivity index is 1.64. The standard InChI is InChI=1S/C23H22Cl2F3N5O4S/c1-11-7-12(24)8-13(20(34)30-17-10-38(36,37)22(17,2)3)18(11)31-21(35)15-9-16(23(26,27)28)32-33(15)19-14(25)5-4-6-29-19/h4-8,15,17H,9-10H2,1-3H3,(H,30,34)(H,31,35). The first-order valence-corrected chi connectivity index (χ1v) is 13.6. The van der Waals surface area contributed by atoms with E-state index in [1.165, 1.54) is 44.3 Å². The van der Waals surface area contributed by atoms with Gasteiger partial charge in [-0.3, -0.25) is 9.59 Å². The molecule has 2 aromatic rings. The summed E-state index contributed by atoms with van der Waals surface area (Å²) in [7, 11) is -3.38. The summed E-state index contributed by atoms with van der Waals surface area (Å²) in [5.41, 5.74) is -0.919. The van der Waals surface area contributed by atoms with Crippen LogP contribution in [0.25, 0.3) is 0 Å². The molecule has 3 heterocycles. The first-order valence-electron chi connectivity index (χ1n) is 11.2. The first-order chi connectivity index (χ1) is 17.5. The quantitative estimate of drug-likeness (QED) is 0.539. The maximum absolute atomic E-state index is 13.5. The Morgan fingerprint density at radius 2 is 1.89 bits per heavy atom. The Labute approximate surface area is 226 Å². The van der Waals surface area contributed by atoms with E-state index in [0.29, 0.717) is 5.56 Å². The van der Waals surface area contributed by atoms with E-state index in [9.17, 15) is 31.2 Å². The van der Waals surface area contributed by atoms with Crippen LogP contribution in [0.5, 0.6) is 0 Å². The number of halogens is 5. The molecule has 204 valence electrons. The molecule has 0 bridgehead atoms. The Hall–Kier alpha value is -2.90. The smallest absolute Gasteiger partial charge is 0.347 e. The molecule has 2 aliphatic heterocycles. The van der Waals surface area contributed by atoms with E-state index in [4.69, 9.17) is 23.2 Å². The molecule has 2 amide bonds. The highest BCUT2D eigenvalue weighted by Crippen LogP contribution is 2.36. The van der Waals surface area contributed by atoms with Gasteiger partial charge in [0.2, 0.25) is 5.91 Å². The van der Waals surface area contributed by atoms with Crippen LogP contribution >= 0.6 is 23.2 Å². The highest BCUT2D eigenvalue weighted by atomic mass is 35.5. The topological polar surface area (TPSA) is 121 Å². The van der Waals surface area contributed by atoms with Crippen molar-refractivity contribution in [2.24, 2.45) is 5.10 Å². The third-order valence-electron chi connectivity index (χ3n) is 6.62. The zero-order chi connectivity index (χ0) is 28.2. The molecule has 2 atom stereocenters. The fourth-order valence-electron chi connectivity index (χ4n) is 4.13. The lowest BCUT2D eigenvalue weighted by Crippen LogP contribution is -2.66. The molecule has 0 spiro atoms. The Morgan fingerprint density at radius 1 is 1.21 bits per heavy atom. The van der Waals surface area contributed by atoms with Crippen LogP contribution in [0.2, 0.25) is 10.0 Å². The van der Waals surface area contributed by atoms with Gasteiger partial charge in [0, 0.05) is 17.6 Å². The predicted molar refractivity (Wildman–Crippen MR) is 138 cm³/mol. The van der Waals surface area contributed by atoms with Gasteiger partial charge in [0.05, 0.1) is 32.8 Å². The predicted octanol–water partition coefficient (Wildman–Crippen LogP) is 4.14. The molecule has 2 aliphatic rings. The minimum Gasteiger partial charge on any atom is -0.347 e. The van der Waals surface area contributed by atoms with Crippen molar-refractivity contribution in [3.8, 4) is 0 Å². The molecule has 2 N–H and O–H groups in total. The summed E-state index contributed by atoms with van der Waals surface area (Å²) in [5.74, 6) is -2.01. The van der Waals surface area contributed by atoms with Crippen LogP contribution < -0.4 is 15.6 Å². The minimum atomic E-state index is -4.80. The SMILES string of the molecule is Cc1cc(Cl)cc(C(=O)NC2CS(=O)(=O)C2(C)C)c1NC(=O)C1CC(C(F)(F)F)=NN1c1ncccc1Cl. The van der Waals surface area contributed by atoms with Crippen molar-refractivity contribution in [1.29, 1.82) is 0 Å². The normalized spacial score (nSPS) is 21.9. The van der Waals surface area contributed by atoms with Crippen molar-refractivity contribution in [3.63, 3.8) is 0 Å². The van der Waals surface area contributed by atoms with E-state index < -0.39 is 56.8 Å². The maximum Gasteiger partial charge on any atom is 0.431 e. The third kappa shape index (κ3) is 5.06. The van der Waals surface area contributed by atoms with Gasteiger partial charge in [-0.05, 0) is 50.6 Å². The number of nitrogens with one attached hydrogen (secondary N) is 2. The molecule has 0 aliphatic carbocycles. The summed E-state index contributed by atoms with van der Waals surface area (Å²) in [5, 5.41) is 9.71. The number of pyridine rings is 1. The van der Waals surface area contributed by atoms with Gasteiger partial charge in [-0.15, -0.1) is 0 Å². The molecular formula is C23H22Cl2F3N5O4S. The molecule has 1 saturated heterocycles. The summed E-state index contributed by atoms with van der Waals surface area (Å²) < 4.78 is 63.5. The van der Waals surface area contributed by atoms with Crippen LogP contribution in [-0.2, 0) is 14.6 Å². The largest absolute Gasteiger partial charge is 0.431 e. The van der Waals surface area contributed by atoms with Crippen LogP contribution in [0.1, 0.15) is 36.2 Å². The summed E-state index contributed by atoms with van der Waals surface area (Å²) >= 11 is 12.3. The zero-order valence-electron chi connectivity index (χ0n) is 20.2. The number of benzene rings is 1. The lowest BCUT2D eigenvalue weighted by molar-refractivity contribution is -0.117. The monoisotopic (exact) mass is 591 g/mol. The van der Waals surface area contributed by atoms with Crippen molar-refractivity contribution in [3.05, 3.63) is 51.6 Å². The Morgan fingerprint density at radius 3 is 2.47 bits per heavy atom. The second kappa shape index (κ2) is 9.69. The molecule has 38 heavy (non-hydrogen) atoms. The maximum atomic E-state index is 13.5. The number of nitrogens with zero attached hydrogens (tertiary/aromatic N) is 3. The summed E-state index contributed by atoms with van der Waals surface area (Å²) in [6, 6.07) is 3.43. The number of hydrogen-bond donors (Lipinski definition) is 2. The van der Waals surface area contributed by atoms with Crippen molar-refractivity contribution in [1.82, 2.24) is 10.3 Å². The number of hydrazone groups is 1. The number of aromatic nitrogens is 1. The van der Waals surface area contributed by atoms with Gasteiger partial charge in [-0.2, -0.15) is 18.3 Å². The minimum absolute atomic E-state index is 0.00409. The van der Waals surface area contributed by atoms with Crippen LogP contribution in [0.3, 0.4) is 0 Å². The molecule has 4 rings (SSSR count). The molecule has 1 aromatic carbocycles. The van der Waals surface area contributed by atoms with Gasteiger partial charge in [-0.1, -0.05) is 23.2 Å². The van der Waals surface area contributed by atoms with Crippen molar-refractivity contribution in [2.45, 2.75) is 50.2 Å². The average molecular weight is 592 g/mol. The number of carbonyl (C=O) groups excluding carboxylic acids is 2. The van der Waals surface area contributed by atoms with Crippen molar-refractivity contribution >= 4 is 62.1 Å². The fraction of sp³-hybridized carbons (Fsp3) is 0.391. The number of aryl methyl sites for hydroxylation is 1. The van der Waals surface area contributed by atoms with Gasteiger partial charge in [0.15, 0.2) is 15.7 Å². The number of carbonyl (C=O) groups is 2. The van der Waals surface area contributed by atoms with Gasteiger partial charge in [0.1, 0.15) is 11.8 Å². The number of sulfone groups is 1. The van der Waals surface area contributed by atoms with Gasteiger partial charge < -0.3 is 10.6 Å². The molecule has 0 saturated carbocycles. The fourth-order valence-corrected chi connectivity index (χ4v) is 6.25. The van der Waals surface area contributed by atoms with Crippen LogP contribution in [0.15, 0.2) is 35.6 Å². The number of rotatable bonds is 5. The number of anilines is 2. The highest BCUT2D eigenvalue weighted by Gasteiger charge is 2.54. The van der Waals surface area contributed by atoms with Crippen molar-refractivity contribution < 1.29 is 31.2 Å². The second-order valence-corrected chi connectivity index (χ2v) is 12.9. The van der Waals surface area contributed by atoms with Gasteiger partial charge >= 0.3 is 6.18 Å². The second-order valence-electron chi connectivity index (χ2n) is 9.46. The lowest BCUT2D eigenvalue weighted by atomic mass is 10.0. The third-order valence-corrected chi connectivity index (χ3v) is 9.79. The van der Waals surface area contributed by atoms with Gasteiger partial charge in [0.25, 0.3) is 5.91 Å². The number of alkyl halides is 3. The lowest BCUT2D eigenvalue weighted by Gasteiger charge is -2.43. The molecule has 1 fully saturated rings. The molecule has 15 heteroatoms. The summed E-state index contributed by atoms with van der Waals surface area (Å²) in [6.07, 6.45) is -4.29. The molecular weight excluding hydrogens is 570 g/mol. The van der Waals surface area contributed by atoms with E-state index in [0.717, 1.165) is 5.01 Å². The first kappa shape index (κ1) is 28.1. The van der Waals surface area contributed by atoms with E-state index in [1.807, 2.05) is 0 Å². The summed E-state index contributed by atoms with van der Waals surface area (Å²) in [4.78, 5) is 30.5. The van der Waals surface area contributed by atoms with Crippen LogP contribution in [-0.4, -0.2) is 59.7 Å². The Bertz CT molecular complexity index is 1460. The summed E-state index contributed by atoms with van der Waals surface area (Å²) in [6.45, 7) is 4.52. The molecule has 0 radical (unpaired) electrons. The van der Waals surface area contributed by atoms with Crippen molar-refractivity contribution in [2.75, 3.05) is 16.1 Å². The zero-order valence-corrected chi connectivity index (χ0v) is 22.6. The van der Waals surface area contributed by atoms with E-state index in [2.05, 4.69) is 20.7 Å². The molecule has 2 unspecified atom stereocenters. The Kier molecular flexibility index (Phi) is 7.17. The number of hydrogen-bond acceptors (Lipinski definition) is 7. The molecule has 9 nitrogen and oxygen atoms in total. The van der Waals surface area contributed by atoms with E-state index in [1.54, 1.807) is 6.92 Å². The van der Waals surface area contributed by atoms with Crippen LogP contribution in [0.4, 0.5) is 24.7 Å². The van der Waals surface area contributed by atoms with Crippen LogP contribution in [0, 0.1) is 6.92 Å². The van der Waals surface area contributed by atoms with E-state index >= 15 is 0 Å². The highest BCUT2D eigenvalue weighted by molar-refractivity contribution is 7.94. The van der Waals surface area contributed by atoms with E-state index in [-0.39, 0.29) is 32.9 Å².